The highest BCUT2D eigenvalue weighted by molar-refractivity contribution is 5.53. The van der Waals surface area contributed by atoms with E-state index in [-0.39, 0.29) is 0 Å². The van der Waals surface area contributed by atoms with Crippen molar-refractivity contribution in [2.24, 2.45) is 0 Å². The highest BCUT2D eigenvalue weighted by Crippen LogP contribution is 2.39. The van der Waals surface area contributed by atoms with Crippen LogP contribution in [0, 0.1) is 6.92 Å². The van der Waals surface area contributed by atoms with Crippen LogP contribution in [-0.4, -0.2) is 12.6 Å². The summed E-state index contributed by atoms with van der Waals surface area (Å²) in [5, 5.41) is 3.67. The van der Waals surface area contributed by atoms with E-state index >= 15 is 0 Å². The van der Waals surface area contributed by atoms with E-state index in [0.717, 1.165) is 24.7 Å². The summed E-state index contributed by atoms with van der Waals surface area (Å²) in [7, 11) is 0. The van der Waals surface area contributed by atoms with Crippen molar-refractivity contribution in [1.82, 2.24) is 0 Å². The maximum atomic E-state index is 5.56. The lowest BCUT2D eigenvalue weighted by Crippen LogP contribution is -2.34. The summed E-state index contributed by atoms with van der Waals surface area (Å²) < 4.78 is 5.56. The van der Waals surface area contributed by atoms with Gasteiger partial charge in [0.2, 0.25) is 0 Å². The molecule has 0 saturated heterocycles. The molecule has 0 atom stereocenters. The molecule has 108 valence electrons. The lowest BCUT2D eigenvalue weighted by Gasteiger charge is -2.37. The molecule has 2 aromatic carbocycles. The fourth-order valence-corrected chi connectivity index (χ4v) is 3.44. The molecule has 2 nitrogen and oxygen atoms in total. The first-order valence-corrected chi connectivity index (χ1v) is 7.87. The number of fused-ring (bicyclic) bond motifs is 1. The highest BCUT2D eigenvalue weighted by atomic mass is 16.5. The Morgan fingerprint density at radius 1 is 1.10 bits per heavy atom. The van der Waals surface area contributed by atoms with E-state index in [4.69, 9.17) is 4.74 Å². The number of hydrogen-bond acceptors (Lipinski definition) is 2. The molecular formula is C19H21NO. The third kappa shape index (κ3) is 2.51. The van der Waals surface area contributed by atoms with E-state index in [9.17, 15) is 0 Å². The zero-order valence-electron chi connectivity index (χ0n) is 12.4. The maximum absolute atomic E-state index is 5.56. The number of hydrogen-bond donors (Lipinski definition) is 1. The van der Waals surface area contributed by atoms with Gasteiger partial charge in [-0.3, -0.25) is 0 Å². The van der Waals surface area contributed by atoms with E-state index in [1.807, 2.05) is 0 Å². The Kier molecular flexibility index (Phi) is 3.10. The lowest BCUT2D eigenvalue weighted by molar-refractivity contribution is 0.356. The van der Waals surface area contributed by atoms with Crippen molar-refractivity contribution in [3.63, 3.8) is 0 Å². The molecule has 0 aromatic heterocycles. The topological polar surface area (TPSA) is 21.3 Å². The summed E-state index contributed by atoms with van der Waals surface area (Å²) in [6.07, 6.45) is 3.51. The van der Waals surface area contributed by atoms with Gasteiger partial charge in [-0.2, -0.15) is 0 Å². The van der Waals surface area contributed by atoms with Crippen molar-refractivity contribution >= 4 is 5.69 Å². The third-order valence-corrected chi connectivity index (χ3v) is 4.71. The Bertz CT molecular complexity index is 658. The van der Waals surface area contributed by atoms with Gasteiger partial charge < -0.3 is 10.1 Å². The molecule has 0 spiro atoms. The van der Waals surface area contributed by atoms with Crippen molar-refractivity contribution in [2.45, 2.75) is 38.1 Å². The molecule has 2 aliphatic rings. The molecule has 1 saturated carbocycles. The van der Waals surface area contributed by atoms with Gasteiger partial charge in [-0.05, 0) is 55.0 Å². The van der Waals surface area contributed by atoms with E-state index < -0.39 is 0 Å². The Morgan fingerprint density at radius 2 is 2.00 bits per heavy atom. The molecule has 4 rings (SSSR count). The van der Waals surface area contributed by atoms with Crippen LogP contribution in [0.5, 0.6) is 5.75 Å². The standard InChI is InChI=1S/C19H21NO/c1-13-3-2-4-14(9-13)16-11-18(12-16)20-17-5-6-19-15(10-17)7-8-21-19/h2-6,9-10,16,18,20H,7-8,11-12H2,1H3. The van der Waals surface area contributed by atoms with Gasteiger partial charge >= 0.3 is 0 Å². The average Bonchev–Trinajstić information content (AvgIpc) is 2.89. The Balaban J connectivity index is 1.38. The summed E-state index contributed by atoms with van der Waals surface area (Å²) in [6.45, 7) is 3.00. The van der Waals surface area contributed by atoms with Gasteiger partial charge in [0.05, 0.1) is 6.61 Å². The number of rotatable bonds is 3. The van der Waals surface area contributed by atoms with Crippen LogP contribution in [0.4, 0.5) is 5.69 Å². The van der Waals surface area contributed by atoms with Crippen molar-refractivity contribution in [3.8, 4) is 5.75 Å². The van der Waals surface area contributed by atoms with Crippen molar-refractivity contribution in [2.75, 3.05) is 11.9 Å². The van der Waals surface area contributed by atoms with Gasteiger partial charge in [-0.1, -0.05) is 29.8 Å². The first kappa shape index (κ1) is 12.8. The Labute approximate surface area is 126 Å². The molecule has 2 heteroatoms. The SMILES string of the molecule is Cc1cccc(C2CC(Nc3ccc4c(c3)CCO4)C2)c1. The molecule has 1 heterocycles. The fourth-order valence-electron chi connectivity index (χ4n) is 3.44. The second-order valence-electron chi connectivity index (χ2n) is 6.34. The van der Waals surface area contributed by atoms with Crippen molar-refractivity contribution in [3.05, 3.63) is 59.2 Å². The monoisotopic (exact) mass is 279 g/mol. The Morgan fingerprint density at radius 3 is 2.86 bits per heavy atom. The summed E-state index contributed by atoms with van der Waals surface area (Å²) in [4.78, 5) is 0. The molecule has 0 radical (unpaired) electrons. The van der Waals surface area contributed by atoms with Crippen LogP contribution in [0.15, 0.2) is 42.5 Å². The third-order valence-electron chi connectivity index (χ3n) is 4.71. The fraction of sp³-hybridized carbons (Fsp3) is 0.368. The molecule has 0 bridgehead atoms. The zero-order chi connectivity index (χ0) is 14.2. The smallest absolute Gasteiger partial charge is 0.122 e. The molecule has 21 heavy (non-hydrogen) atoms. The number of benzene rings is 2. The van der Waals surface area contributed by atoms with Crippen LogP contribution in [0.25, 0.3) is 0 Å². The predicted octanol–water partition coefficient (Wildman–Crippen LogP) is 4.29. The number of ether oxygens (including phenoxy) is 1. The second-order valence-corrected chi connectivity index (χ2v) is 6.34. The van der Waals surface area contributed by atoms with Gasteiger partial charge in [-0.25, -0.2) is 0 Å². The van der Waals surface area contributed by atoms with Crippen LogP contribution in [0.2, 0.25) is 0 Å². The first-order valence-electron chi connectivity index (χ1n) is 7.87. The van der Waals surface area contributed by atoms with E-state index in [1.165, 1.54) is 35.2 Å². The second kappa shape index (κ2) is 5.10. The molecule has 1 aliphatic heterocycles. The Hall–Kier alpha value is -1.96. The summed E-state index contributed by atoms with van der Waals surface area (Å²) in [5.41, 5.74) is 5.44. The van der Waals surface area contributed by atoms with Crippen LogP contribution in [0.3, 0.4) is 0 Å². The summed E-state index contributed by atoms with van der Waals surface area (Å²) >= 11 is 0. The number of nitrogens with one attached hydrogen (secondary N) is 1. The molecule has 1 aliphatic carbocycles. The zero-order valence-corrected chi connectivity index (χ0v) is 12.4. The first-order chi connectivity index (χ1) is 10.3. The average molecular weight is 279 g/mol. The quantitative estimate of drug-likeness (QED) is 0.905. The highest BCUT2D eigenvalue weighted by Gasteiger charge is 2.30. The molecule has 1 fully saturated rings. The summed E-state index contributed by atoms with van der Waals surface area (Å²) in [6, 6.07) is 16.0. The van der Waals surface area contributed by atoms with Gasteiger partial charge in [-0.15, -0.1) is 0 Å². The molecule has 2 aromatic rings. The number of anilines is 1. The van der Waals surface area contributed by atoms with Gasteiger partial charge in [0.15, 0.2) is 0 Å². The summed E-state index contributed by atoms with van der Waals surface area (Å²) in [5.74, 6) is 1.78. The van der Waals surface area contributed by atoms with Crippen molar-refractivity contribution < 1.29 is 4.74 Å². The number of aryl methyl sites for hydroxylation is 1. The van der Waals surface area contributed by atoms with E-state index in [1.54, 1.807) is 0 Å². The minimum atomic E-state index is 0.607. The van der Waals surface area contributed by atoms with Crippen LogP contribution in [0.1, 0.15) is 35.4 Å². The maximum Gasteiger partial charge on any atom is 0.122 e. The molecule has 0 unspecified atom stereocenters. The van der Waals surface area contributed by atoms with Crippen LogP contribution in [-0.2, 0) is 6.42 Å². The largest absolute Gasteiger partial charge is 0.493 e. The minimum Gasteiger partial charge on any atom is -0.493 e. The molecule has 0 amide bonds. The predicted molar refractivity (Wildman–Crippen MR) is 86.2 cm³/mol. The normalized spacial score (nSPS) is 23.1. The molecular weight excluding hydrogens is 258 g/mol. The van der Waals surface area contributed by atoms with Crippen LogP contribution < -0.4 is 10.1 Å². The van der Waals surface area contributed by atoms with E-state index in [0.29, 0.717) is 6.04 Å². The lowest BCUT2D eigenvalue weighted by atomic mass is 9.75. The molecule has 1 N–H and O–H groups in total. The van der Waals surface area contributed by atoms with Gasteiger partial charge in [0.25, 0.3) is 0 Å². The van der Waals surface area contributed by atoms with E-state index in [2.05, 4.69) is 54.7 Å². The van der Waals surface area contributed by atoms with Gasteiger partial charge in [0.1, 0.15) is 5.75 Å². The van der Waals surface area contributed by atoms with Gasteiger partial charge in [0, 0.05) is 18.2 Å². The van der Waals surface area contributed by atoms with Crippen molar-refractivity contribution in [1.29, 1.82) is 0 Å². The van der Waals surface area contributed by atoms with Crippen LogP contribution >= 0.6 is 0 Å². The minimum absolute atomic E-state index is 0.607.